The van der Waals surface area contributed by atoms with Gasteiger partial charge in [0.05, 0.1) is 5.69 Å². The first-order chi connectivity index (χ1) is 8.15. The molecule has 0 aromatic carbocycles. The Morgan fingerprint density at radius 3 is 3.00 bits per heavy atom. The van der Waals surface area contributed by atoms with E-state index in [2.05, 4.69) is 10.3 Å². The highest BCUT2D eigenvalue weighted by Crippen LogP contribution is 2.35. The monoisotopic (exact) mass is 253 g/mol. The molecule has 6 nitrogen and oxygen atoms in total. The van der Waals surface area contributed by atoms with Crippen molar-refractivity contribution in [3.8, 4) is 0 Å². The van der Waals surface area contributed by atoms with Crippen molar-refractivity contribution in [2.75, 3.05) is 5.32 Å². The van der Waals surface area contributed by atoms with Crippen LogP contribution in [0.4, 0.5) is 5.13 Å². The van der Waals surface area contributed by atoms with E-state index >= 15 is 0 Å². The molecule has 1 fully saturated rings. The second-order valence-corrected chi connectivity index (χ2v) is 5.51. The van der Waals surface area contributed by atoms with E-state index in [1.54, 1.807) is 0 Å². The molecule has 0 unspecified atom stereocenters. The molecular weight excluding hydrogens is 242 g/mol. The standard InChI is InChI=1S/C10H11N3O3S/c14-9(5-4-7(5)13(15)16)12-10-11-6-2-1-3-8(6)17-10/h5,7H,1-4H2,(H,11,12,14)/t5-,7+/m1/s1. The number of nitro groups is 1. The number of hydrogen-bond donors (Lipinski definition) is 1. The van der Waals surface area contributed by atoms with Gasteiger partial charge in [-0.2, -0.15) is 0 Å². The van der Waals surface area contributed by atoms with Crippen LogP contribution in [0.15, 0.2) is 0 Å². The third kappa shape index (κ3) is 1.90. The number of fused-ring (bicyclic) bond motifs is 1. The Morgan fingerprint density at radius 1 is 1.53 bits per heavy atom. The minimum absolute atomic E-state index is 0.265. The smallest absolute Gasteiger partial charge is 0.236 e. The number of carbonyl (C=O) groups is 1. The minimum Gasteiger partial charge on any atom is -0.301 e. The Kier molecular flexibility index (Phi) is 2.36. The molecule has 2 aliphatic rings. The average Bonchev–Trinajstić information content (AvgIpc) is 2.83. The van der Waals surface area contributed by atoms with Gasteiger partial charge in [0.2, 0.25) is 11.9 Å². The maximum absolute atomic E-state index is 11.7. The summed E-state index contributed by atoms with van der Waals surface area (Å²) in [5, 5.41) is 13.7. The van der Waals surface area contributed by atoms with Crippen LogP contribution in [-0.2, 0) is 17.6 Å². The molecule has 0 saturated heterocycles. The van der Waals surface area contributed by atoms with Crippen LogP contribution in [0.25, 0.3) is 0 Å². The van der Waals surface area contributed by atoms with E-state index in [0.29, 0.717) is 11.6 Å². The molecule has 2 atom stereocenters. The van der Waals surface area contributed by atoms with Crippen LogP contribution in [0.1, 0.15) is 23.4 Å². The fraction of sp³-hybridized carbons (Fsp3) is 0.600. The molecule has 90 valence electrons. The van der Waals surface area contributed by atoms with Crippen molar-refractivity contribution < 1.29 is 9.72 Å². The normalized spacial score (nSPS) is 25.4. The first-order valence-electron chi connectivity index (χ1n) is 5.58. The fourth-order valence-corrected chi connectivity index (χ4v) is 3.19. The number of anilines is 1. The van der Waals surface area contributed by atoms with Crippen molar-refractivity contribution in [2.45, 2.75) is 31.7 Å². The maximum Gasteiger partial charge on any atom is 0.236 e. The van der Waals surface area contributed by atoms with Gasteiger partial charge in [0.15, 0.2) is 5.13 Å². The van der Waals surface area contributed by atoms with Crippen molar-refractivity contribution >= 4 is 22.4 Å². The molecule has 2 aliphatic carbocycles. The van der Waals surface area contributed by atoms with Crippen molar-refractivity contribution in [2.24, 2.45) is 5.92 Å². The highest BCUT2D eigenvalue weighted by atomic mass is 32.1. The number of aryl methyl sites for hydroxylation is 2. The lowest BCUT2D eigenvalue weighted by Gasteiger charge is -1.98. The van der Waals surface area contributed by atoms with Gasteiger partial charge in [0.25, 0.3) is 0 Å². The number of carbonyl (C=O) groups excluding carboxylic acids is 1. The van der Waals surface area contributed by atoms with Crippen LogP contribution in [0, 0.1) is 16.0 Å². The Balaban J connectivity index is 1.63. The van der Waals surface area contributed by atoms with E-state index in [-0.39, 0.29) is 10.8 Å². The molecule has 1 aromatic heterocycles. The van der Waals surface area contributed by atoms with E-state index in [4.69, 9.17) is 0 Å². The number of rotatable bonds is 3. The van der Waals surface area contributed by atoms with Crippen molar-refractivity contribution in [1.29, 1.82) is 0 Å². The molecule has 0 aliphatic heterocycles. The lowest BCUT2D eigenvalue weighted by atomic mass is 10.4. The zero-order valence-corrected chi connectivity index (χ0v) is 9.83. The molecule has 7 heteroatoms. The summed E-state index contributed by atoms with van der Waals surface area (Å²) < 4.78 is 0. The lowest BCUT2D eigenvalue weighted by molar-refractivity contribution is -0.497. The van der Waals surface area contributed by atoms with Gasteiger partial charge in [-0.15, -0.1) is 11.3 Å². The second-order valence-electron chi connectivity index (χ2n) is 4.43. The van der Waals surface area contributed by atoms with Crippen LogP contribution in [-0.4, -0.2) is 21.9 Å². The van der Waals surface area contributed by atoms with Crippen molar-refractivity contribution in [1.82, 2.24) is 4.98 Å². The summed E-state index contributed by atoms with van der Waals surface area (Å²) in [6.45, 7) is 0. The van der Waals surface area contributed by atoms with Crippen LogP contribution in [0.3, 0.4) is 0 Å². The van der Waals surface area contributed by atoms with E-state index in [9.17, 15) is 14.9 Å². The molecule has 3 rings (SSSR count). The fourth-order valence-electron chi connectivity index (χ4n) is 2.14. The van der Waals surface area contributed by atoms with Gasteiger partial charge in [-0.3, -0.25) is 14.9 Å². The third-order valence-electron chi connectivity index (χ3n) is 3.19. The molecule has 1 amide bonds. The van der Waals surface area contributed by atoms with Crippen LogP contribution in [0.5, 0.6) is 0 Å². The lowest BCUT2D eigenvalue weighted by Crippen LogP contribution is -2.18. The van der Waals surface area contributed by atoms with Gasteiger partial charge < -0.3 is 5.32 Å². The summed E-state index contributed by atoms with van der Waals surface area (Å²) in [5.41, 5.74) is 1.08. The number of amides is 1. The molecule has 1 N–H and O–H groups in total. The zero-order chi connectivity index (χ0) is 12.0. The summed E-state index contributed by atoms with van der Waals surface area (Å²) in [4.78, 5) is 27.3. The summed E-state index contributed by atoms with van der Waals surface area (Å²) in [5.74, 6) is -0.733. The quantitative estimate of drug-likeness (QED) is 0.648. The van der Waals surface area contributed by atoms with Gasteiger partial charge >= 0.3 is 0 Å². The summed E-state index contributed by atoms with van der Waals surface area (Å²) in [6, 6.07) is -0.693. The van der Waals surface area contributed by atoms with Crippen LogP contribution < -0.4 is 5.32 Å². The topological polar surface area (TPSA) is 85.1 Å². The van der Waals surface area contributed by atoms with Gasteiger partial charge in [0.1, 0.15) is 5.92 Å². The van der Waals surface area contributed by atoms with E-state index < -0.39 is 12.0 Å². The first kappa shape index (κ1) is 10.6. The summed E-state index contributed by atoms with van der Waals surface area (Å²) >= 11 is 1.49. The minimum atomic E-state index is -0.693. The third-order valence-corrected chi connectivity index (χ3v) is 4.26. The Morgan fingerprint density at radius 2 is 2.35 bits per heavy atom. The van der Waals surface area contributed by atoms with Crippen molar-refractivity contribution in [3.63, 3.8) is 0 Å². The predicted molar refractivity (Wildman–Crippen MR) is 61.7 cm³/mol. The number of nitrogens with zero attached hydrogens (tertiary/aromatic N) is 2. The Bertz CT molecular complexity index is 477. The van der Waals surface area contributed by atoms with Gasteiger partial charge in [0, 0.05) is 16.2 Å². The second kappa shape index (κ2) is 3.76. The van der Waals surface area contributed by atoms with Crippen molar-refractivity contribution in [3.05, 3.63) is 20.7 Å². The number of hydrogen-bond acceptors (Lipinski definition) is 5. The maximum atomic E-state index is 11.7. The molecule has 1 saturated carbocycles. The average molecular weight is 253 g/mol. The molecule has 17 heavy (non-hydrogen) atoms. The Labute approximate surface area is 101 Å². The number of aromatic nitrogens is 1. The Hall–Kier alpha value is -1.50. The van der Waals surface area contributed by atoms with Gasteiger partial charge in [-0.1, -0.05) is 0 Å². The number of nitrogens with one attached hydrogen (secondary N) is 1. The van der Waals surface area contributed by atoms with Gasteiger partial charge in [-0.25, -0.2) is 4.98 Å². The predicted octanol–water partition coefficient (Wildman–Crippen LogP) is 1.24. The molecule has 0 spiro atoms. The van der Waals surface area contributed by atoms with Gasteiger partial charge in [-0.05, 0) is 19.3 Å². The molecule has 0 bridgehead atoms. The zero-order valence-electron chi connectivity index (χ0n) is 9.01. The molecule has 1 heterocycles. The van der Waals surface area contributed by atoms with E-state index in [1.165, 1.54) is 16.2 Å². The molecular formula is C10H11N3O3S. The highest BCUT2D eigenvalue weighted by molar-refractivity contribution is 7.15. The van der Waals surface area contributed by atoms with Crippen LogP contribution >= 0.6 is 11.3 Å². The summed E-state index contributed by atoms with van der Waals surface area (Å²) in [7, 11) is 0. The van der Waals surface area contributed by atoms with E-state index in [1.807, 2.05) is 0 Å². The van der Waals surface area contributed by atoms with E-state index in [0.717, 1.165) is 25.0 Å². The van der Waals surface area contributed by atoms with Crippen LogP contribution in [0.2, 0.25) is 0 Å². The largest absolute Gasteiger partial charge is 0.301 e. The highest BCUT2D eigenvalue weighted by Gasteiger charge is 2.53. The number of thiazole rings is 1. The SMILES string of the molecule is O=C(Nc1nc2c(s1)CCC2)[C@@H]1C[C@@H]1[N+](=O)[O-]. The molecule has 0 radical (unpaired) electrons. The molecule has 1 aromatic rings. The summed E-state index contributed by atoms with van der Waals surface area (Å²) in [6.07, 6.45) is 3.49. The first-order valence-corrected chi connectivity index (χ1v) is 6.40.